The summed E-state index contributed by atoms with van der Waals surface area (Å²) < 4.78 is 15.2. The minimum atomic E-state index is -1.67. The highest BCUT2D eigenvalue weighted by Crippen LogP contribution is 2.44. The monoisotopic (exact) mass is 596 g/mol. The number of fused-ring (bicyclic) bond motifs is 3. The van der Waals surface area contributed by atoms with Gasteiger partial charge in [0.15, 0.2) is 0 Å². The molecule has 3 rings (SSSR count). The Kier molecular flexibility index (Phi) is 12.5. The van der Waals surface area contributed by atoms with Gasteiger partial charge in [-0.3, -0.25) is 14.4 Å². The molecule has 0 radical (unpaired) electrons. The lowest BCUT2D eigenvalue weighted by Crippen LogP contribution is -2.51. The minimum absolute atomic E-state index is 0.0544. The van der Waals surface area contributed by atoms with Gasteiger partial charge in [0.1, 0.15) is 13.2 Å². The maximum atomic E-state index is 12.2. The highest BCUT2D eigenvalue weighted by Gasteiger charge is 2.32. The summed E-state index contributed by atoms with van der Waals surface area (Å²) in [7, 11) is 0. The van der Waals surface area contributed by atoms with Gasteiger partial charge in [-0.2, -0.15) is 0 Å². The van der Waals surface area contributed by atoms with E-state index in [1.165, 1.54) is 0 Å². The number of hydrogen-bond donors (Lipinski definition) is 4. The summed E-state index contributed by atoms with van der Waals surface area (Å²) in [5, 5.41) is 9.09. The molecule has 4 N–H and O–H groups in total. The predicted octanol–water partition coefficient (Wildman–Crippen LogP) is 1.15. The molecule has 43 heavy (non-hydrogen) atoms. The van der Waals surface area contributed by atoms with Crippen molar-refractivity contribution >= 4 is 35.8 Å². The Morgan fingerprint density at radius 3 is 1.63 bits per heavy atom. The van der Waals surface area contributed by atoms with E-state index in [4.69, 9.17) is 14.2 Å². The van der Waals surface area contributed by atoms with E-state index in [-0.39, 0.29) is 25.7 Å². The van der Waals surface area contributed by atoms with Crippen molar-refractivity contribution in [2.45, 2.75) is 38.6 Å². The van der Waals surface area contributed by atoms with Crippen molar-refractivity contribution < 1.29 is 43.0 Å². The van der Waals surface area contributed by atoms with E-state index in [0.29, 0.717) is 12.8 Å². The molecule has 0 atom stereocenters. The third-order valence-corrected chi connectivity index (χ3v) is 6.30. The smallest absolute Gasteiger partial charge is 0.407 e. The zero-order valence-corrected chi connectivity index (χ0v) is 24.1. The van der Waals surface area contributed by atoms with Crippen LogP contribution in [0.5, 0.6) is 0 Å². The quantitative estimate of drug-likeness (QED) is 0.133. The fourth-order valence-electron chi connectivity index (χ4n) is 4.28. The van der Waals surface area contributed by atoms with Gasteiger partial charge in [-0.15, -0.1) is 0 Å². The van der Waals surface area contributed by atoms with Crippen LogP contribution in [0.1, 0.15) is 43.7 Å². The van der Waals surface area contributed by atoms with E-state index in [2.05, 4.69) is 21.3 Å². The van der Waals surface area contributed by atoms with E-state index < -0.39 is 61.4 Å². The lowest BCUT2D eigenvalue weighted by atomic mass is 9.98. The average Bonchev–Trinajstić information content (AvgIpc) is 3.34. The number of alkyl carbamates (subject to hydrolysis) is 1. The Morgan fingerprint density at radius 1 is 0.651 bits per heavy atom. The first-order valence-corrected chi connectivity index (χ1v) is 14.0. The Labute approximate surface area is 249 Å². The highest BCUT2D eigenvalue weighted by atomic mass is 16.6. The standard InChI is InChI=1S/C30H36N4O9/c1-3-13-41-28(38)27(29(39)42-14-4-2)34-26(37)17-32-24(35)15-31-25(36)16-33-30(40)43-18-23-21-11-7-5-9-19(21)20-10-6-8-12-22(20)23/h5-12,23,27H,3-4,13-18H2,1-2H3,(H,31,36)(H,32,35)(H,33,40)(H,34,37). The van der Waals surface area contributed by atoms with Gasteiger partial charge in [-0.05, 0) is 35.1 Å². The van der Waals surface area contributed by atoms with Crippen LogP contribution in [-0.2, 0) is 38.2 Å². The molecule has 0 spiro atoms. The van der Waals surface area contributed by atoms with Gasteiger partial charge in [0, 0.05) is 5.92 Å². The lowest BCUT2D eigenvalue weighted by molar-refractivity contribution is -0.160. The van der Waals surface area contributed by atoms with Crippen LogP contribution in [0, 0.1) is 0 Å². The molecule has 4 amide bonds. The molecule has 0 fully saturated rings. The molecular formula is C30H36N4O9. The number of esters is 2. The molecule has 13 heteroatoms. The summed E-state index contributed by atoms with van der Waals surface area (Å²) >= 11 is 0. The van der Waals surface area contributed by atoms with E-state index in [1.807, 2.05) is 48.5 Å². The maximum absolute atomic E-state index is 12.2. The third kappa shape index (κ3) is 9.55. The van der Waals surface area contributed by atoms with Crippen LogP contribution < -0.4 is 21.3 Å². The number of amides is 4. The summed E-state index contributed by atoms with van der Waals surface area (Å²) in [6, 6.07) is 14.1. The fourth-order valence-corrected chi connectivity index (χ4v) is 4.28. The van der Waals surface area contributed by atoms with Gasteiger partial charge in [0.05, 0.1) is 26.3 Å². The lowest BCUT2D eigenvalue weighted by Gasteiger charge is -2.16. The summed E-state index contributed by atoms with van der Waals surface area (Å²) in [4.78, 5) is 73.0. The molecule has 230 valence electrons. The summed E-state index contributed by atoms with van der Waals surface area (Å²) in [6.07, 6.45) is 0.237. The van der Waals surface area contributed by atoms with Gasteiger partial charge in [0.2, 0.25) is 23.8 Å². The molecule has 0 aromatic heterocycles. The van der Waals surface area contributed by atoms with Crippen molar-refractivity contribution in [2.75, 3.05) is 39.5 Å². The molecule has 2 aromatic carbocycles. The SMILES string of the molecule is CCCOC(=O)C(NC(=O)CNC(=O)CNC(=O)CNC(=O)OCC1c2ccccc2-c2ccccc21)C(=O)OCCC. The van der Waals surface area contributed by atoms with Crippen LogP contribution in [0.15, 0.2) is 48.5 Å². The second-order valence-corrected chi connectivity index (χ2v) is 9.57. The number of benzene rings is 2. The zero-order valence-electron chi connectivity index (χ0n) is 24.1. The normalized spacial score (nSPS) is 11.5. The summed E-state index contributed by atoms with van der Waals surface area (Å²) in [5.41, 5.74) is 4.28. The molecule has 0 saturated carbocycles. The number of hydrogen-bond acceptors (Lipinski definition) is 9. The van der Waals surface area contributed by atoms with E-state index in [9.17, 15) is 28.8 Å². The molecule has 0 saturated heterocycles. The second-order valence-electron chi connectivity index (χ2n) is 9.57. The Balaban J connectivity index is 1.36. The van der Waals surface area contributed by atoms with Gasteiger partial charge in [-0.25, -0.2) is 14.4 Å². The fraction of sp³-hybridized carbons (Fsp3) is 0.400. The minimum Gasteiger partial charge on any atom is -0.464 e. The Bertz CT molecular complexity index is 1260. The van der Waals surface area contributed by atoms with Crippen LogP contribution in [0.25, 0.3) is 11.1 Å². The zero-order chi connectivity index (χ0) is 31.2. The highest BCUT2D eigenvalue weighted by molar-refractivity contribution is 6.03. The second kappa shape index (κ2) is 16.5. The van der Waals surface area contributed by atoms with Crippen LogP contribution in [-0.4, -0.2) is 81.3 Å². The van der Waals surface area contributed by atoms with Crippen molar-refractivity contribution in [2.24, 2.45) is 0 Å². The molecular weight excluding hydrogens is 560 g/mol. The van der Waals surface area contributed by atoms with Crippen LogP contribution in [0.4, 0.5) is 4.79 Å². The van der Waals surface area contributed by atoms with Gasteiger partial charge in [0.25, 0.3) is 0 Å². The van der Waals surface area contributed by atoms with Gasteiger partial charge in [-0.1, -0.05) is 62.4 Å². The molecule has 13 nitrogen and oxygen atoms in total. The van der Waals surface area contributed by atoms with Crippen LogP contribution >= 0.6 is 0 Å². The van der Waals surface area contributed by atoms with E-state index in [1.54, 1.807) is 13.8 Å². The first-order valence-electron chi connectivity index (χ1n) is 14.0. The molecule has 0 bridgehead atoms. The molecule has 0 unspecified atom stereocenters. The number of nitrogens with one attached hydrogen (secondary N) is 4. The number of carbonyl (C=O) groups is 6. The molecule has 0 aliphatic heterocycles. The summed E-state index contributed by atoms with van der Waals surface area (Å²) in [5.74, 6) is -4.30. The number of rotatable bonds is 15. The number of carbonyl (C=O) groups excluding carboxylic acids is 6. The molecule has 1 aliphatic rings. The average molecular weight is 597 g/mol. The Morgan fingerprint density at radius 2 is 1.12 bits per heavy atom. The van der Waals surface area contributed by atoms with Crippen molar-refractivity contribution in [1.82, 2.24) is 21.3 Å². The molecule has 2 aromatic rings. The van der Waals surface area contributed by atoms with E-state index >= 15 is 0 Å². The van der Waals surface area contributed by atoms with Gasteiger partial charge >= 0.3 is 18.0 Å². The Hall–Kier alpha value is -4.94. The molecule has 0 heterocycles. The predicted molar refractivity (Wildman–Crippen MR) is 154 cm³/mol. The van der Waals surface area contributed by atoms with Crippen molar-refractivity contribution in [3.05, 3.63) is 59.7 Å². The largest absolute Gasteiger partial charge is 0.464 e. The molecule has 1 aliphatic carbocycles. The van der Waals surface area contributed by atoms with E-state index in [0.717, 1.165) is 22.3 Å². The van der Waals surface area contributed by atoms with Crippen molar-refractivity contribution in [3.8, 4) is 11.1 Å². The third-order valence-electron chi connectivity index (χ3n) is 6.30. The number of ether oxygens (including phenoxy) is 3. The first-order chi connectivity index (χ1) is 20.7. The first kappa shape index (κ1) is 32.6. The summed E-state index contributed by atoms with van der Waals surface area (Å²) in [6.45, 7) is 2.22. The van der Waals surface area contributed by atoms with Crippen LogP contribution in [0.3, 0.4) is 0 Å². The van der Waals surface area contributed by atoms with Crippen molar-refractivity contribution in [3.63, 3.8) is 0 Å². The van der Waals surface area contributed by atoms with Crippen molar-refractivity contribution in [1.29, 1.82) is 0 Å². The maximum Gasteiger partial charge on any atom is 0.407 e. The van der Waals surface area contributed by atoms with Crippen LogP contribution in [0.2, 0.25) is 0 Å². The topological polar surface area (TPSA) is 178 Å². The van der Waals surface area contributed by atoms with Gasteiger partial charge < -0.3 is 35.5 Å².